The number of carbonyl (C=O) groups excluding carboxylic acids is 2. The number of hydrogen-bond donors (Lipinski definition) is 0. The number of benzene rings is 1. The van der Waals surface area contributed by atoms with Crippen LogP contribution in [-0.4, -0.2) is 36.2 Å². The maximum Gasteiger partial charge on any atom is 0.358 e. The van der Waals surface area contributed by atoms with Gasteiger partial charge in [-0.2, -0.15) is 0 Å². The van der Waals surface area contributed by atoms with Gasteiger partial charge in [0.15, 0.2) is 0 Å². The van der Waals surface area contributed by atoms with Crippen LogP contribution in [0.1, 0.15) is 63.9 Å². The van der Waals surface area contributed by atoms with Crippen molar-refractivity contribution in [1.29, 1.82) is 0 Å². The average Bonchev–Trinajstić information content (AvgIpc) is 2.77. The number of alkyl halides is 2. The second-order valence-electron chi connectivity index (χ2n) is 6.93. The number of halogens is 2. The van der Waals surface area contributed by atoms with E-state index in [1.165, 1.54) is 52.7 Å². The summed E-state index contributed by atoms with van der Waals surface area (Å²) in [6.07, 6.45) is 13.8. The van der Waals surface area contributed by atoms with Crippen LogP contribution in [0, 0.1) is 0 Å². The van der Waals surface area contributed by atoms with Crippen molar-refractivity contribution in [2.75, 3.05) is 14.2 Å². The molecule has 174 valence electrons. The Kier molecular flexibility index (Phi) is 14.3. The molecule has 31 heavy (non-hydrogen) atoms. The molecule has 0 aliphatic carbocycles. The molecule has 0 aliphatic rings. The maximum absolute atomic E-state index is 11.7. The quantitative estimate of drug-likeness (QED) is 0.140. The van der Waals surface area contributed by atoms with E-state index in [9.17, 15) is 9.59 Å². The van der Waals surface area contributed by atoms with Gasteiger partial charge in [0.25, 0.3) is 0 Å². The van der Waals surface area contributed by atoms with Crippen LogP contribution < -0.4 is 9.47 Å². The zero-order valence-corrected chi connectivity index (χ0v) is 21.6. The first-order chi connectivity index (χ1) is 14.9. The van der Waals surface area contributed by atoms with Crippen molar-refractivity contribution in [3.63, 3.8) is 0 Å². The molecule has 0 fully saturated rings. The number of unbranched alkanes of at least 4 members (excludes halogenated alkanes) is 7. The van der Waals surface area contributed by atoms with E-state index in [0.717, 1.165) is 18.4 Å². The predicted molar refractivity (Wildman–Crippen MR) is 129 cm³/mol. The maximum atomic E-state index is 11.7. The molecule has 1 rings (SSSR count). The van der Waals surface area contributed by atoms with Crippen molar-refractivity contribution in [2.45, 2.75) is 68.3 Å². The SMILES string of the molecule is CCCCCCCCC/C=C/c1ccc(OC(Br)C(=O)OC)cc1OC(Br)C(=O)OC. The van der Waals surface area contributed by atoms with Gasteiger partial charge in [-0.25, -0.2) is 9.59 Å². The lowest BCUT2D eigenvalue weighted by Gasteiger charge is -2.16. The first-order valence-corrected chi connectivity index (χ1v) is 12.3. The summed E-state index contributed by atoms with van der Waals surface area (Å²) in [6.45, 7) is 2.22. The highest BCUT2D eigenvalue weighted by Crippen LogP contribution is 2.29. The van der Waals surface area contributed by atoms with E-state index in [-0.39, 0.29) is 0 Å². The number of rotatable bonds is 15. The third-order valence-electron chi connectivity index (χ3n) is 4.50. The van der Waals surface area contributed by atoms with Crippen LogP contribution in [0.15, 0.2) is 24.3 Å². The summed E-state index contributed by atoms with van der Waals surface area (Å²) in [5, 5.41) is -1.92. The minimum absolute atomic E-state index is 0.385. The summed E-state index contributed by atoms with van der Waals surface area (Å²) in [5.74, 6) is -0.312. The van der Waals surface area contributed by atoms with Crippen LogP contribution in [0.3, 0.4) is 0 Å². The fourth-order valence-electron chi connectivity index (χ4n) is 2.77. The molecule has 0 N–H and O–H groups in total. The molecule has 2 unspecified atom stereocenters. The third kappa shape index (κ3) is 11.1. The summed E-state index contributed by atoms with van der Waals surface area (Å²) >= 11 is 6.29. The lowest BCUT2D eigenvalue weighted by atomic mass is 10.1. The zero-order chi connectivity index (χ0) is 23.1. The summed E-state index contributed by atoms with van der Waals surface area (Å²) in [6, 6.07) is 5.14. The van der Waals surface area contributed by atoms with Crippen LogP contribution in [-0.2, 0) is 19.1 Å². The molecular formula is C23H32Br2O6. The van der Waals surface area contributed by atoms with E-state index < -0.39 is 22.0 Å². The molecule has 0 radical (unpaired) electrons. The van der Waals surface area contributed by atoms with Crippen molar-refractivity contribution in [3.05, 3.63) is 29.8 Å². The number of hydrogen-bond acceptors (Lipinski definition) is 6. The highest BCUT2D eigenvalue weighted by atomic mass is 79.9. The predicted octanol–water partition coefficient (Wildman–Crippen LogP) is 6.39. The molecule has 6 nitrogen and oxygen atoms in total. The van der Waals surface area contributed by atoms with Crippen LogP contribution >= 0.6 is 31.9 Å². The smallest absolute Gasteiger partial charge is 0.358 e. The van der Waals surface area contributed by atoms with Gasteiger partial charge in [0.1, 0.15) is 11.5 Å². The molecule has 0 spiro atoms. The number of methoxy groups -OCH3 is 2. The van der Waals surface area contributed by atoms with Gasteiger partial charge in [0, 0.05) is 11.6 Å². The highest BCUT2D eigenvalue weighted by Gasteiger charge is 2.21. The Bertz CT molecular complexity index is 707. The minimum Gasteiger partial charge on any atom is -0.467 e. The summed E-state index contributed by atoms with van der Waals surface area (Å²) in [5.41, 5.74) is 0.785. The second-order valence-corrected chi connectivity index (χ2v) is 8.59. The van der Waals surface area contributed by atoms with Gasteiger partial charge in [0.05, 0.1) is 14.2 Å². The number of allylic oxidation sites excluding steroid dienone is 1. The fourth-order valence-corrected chi connectivity index (χ4v) is 3.56. The molecule has 0 saturated heterocycles. The van der Waals surface area contributed by atoms with Crippen LogP contribution in [0.25, 0.3) is 6.08 Å². The molecule has 0 saturated carbocycles. The van der Waals surface area contributed by atoms with E-state index >= 15 is 0 Å². The number of carbonyl (C=O) groups is 2. The molecule has 1 aromatic rings. The largest absolute Gasteiger partial charge is 0.467 e. The summed E-state index contributed by atoms with van der Waals surface area (Å²) in [7, 11) is 2.56. The average molecular weight is 564 g/mol. The van der Waals surface area contributed by atoms with Gasteiger partial charge >= 0.3 is 11.9 Å². The van der Waals surface area contributed by atoms with E-state index in [0.29, 0.717) is 11.5 Å². The Morgan fingerprint density at radius 3 is 2.10 bits per heavy atom. The van der Waals surface area contributed by atoms with Crippen LogP contribution in [0.4, 0.5) is 0 Å². The Labute approximate surface area is 201 Å². The fraction of sp³-hybridized carbons (Fsp3) is 0.565. The van der Waals surface area contributed by atoms with E-state index in [2.05, 4.69) is 49.6 Å². The second kappa shape index (κ2) is 16.1. The van der Waals surface area contributed by atoms with Crippen LogP contribution in [0.5, 0.6) is 11.5 Å². The Balaban J connectivity index is 2.77. The topological polar surface area (TPSA) is 71.1 Å². The van der Waals surface area contributed by atoms with Crippen molar-refractivity contribution in [3.8, 4) is 11.5 Å². The molecule has 0 aliphatic heterocycles. The number of esters is 2. The Morgan fingerprint density at radius 2 is 1.48 bits per heavy atom. The van der Waals surface area contributed by atoms with Gasteiger partial charge < -0.3 is 18.9 Å². The van der Waals surface area contributed by atoms with Crippen LogP contribution in [0.2, 0.25) is 0 Å². The zero-order valence-electron chi connectivity index (χ0n) is 18.4. The lowest BCUT2D eigenvalue weighted by molar-refractivity contribution is -0.144. The van der Waals surface area contributed by atoms with Crippen molar-refractivity contribution in [2.24, 2.45) is 0 Å². The van der Waals surface area contributed by atoms with Crippen molar-refractivity contribution in [1.82, 2.24) is 0 Å². The van der Waals surface area contributed by atoms with Gasteiger partial charge in [0.2, 0.25) is 10.0 Å². The van der Waals surface area contributed by atoms with E-state index in [1.54, 1.807) is 18.2 Å². The molecule has 0 aromatic heterocycles. The van der Waals surface area contributed by atoms with Crippen molar-refractivity contribution < 1.29 is 28.5 Å². The molecule has 0 amide bonds. The van der Waals surface area contributed by atoms with E-state index in [1.807, 2.05) is 6.08 Å². The molecule has 0 bridgehead atoms. The first-order valence-electron chi connectivity index (χ1n) is 10.5. The lowest BCUT2D eigenvalue weighted by Crippen LogP contribution is -2.23. The third-order valence-corrected chi connectivity index (χ3v) is 5.62. The molecule has 2 atom stereocenters. The molecule has 1 aromatic carbocycles. The van der Waals surface area contributed by atoms with Crippen molar-refractivity contribution >= 4 is 49.9 Å². The number of ether oxygens (including phenoxy) is 4. The normalized spacial score (nSPS) is 12.9. The van der Waals surface area contributed by atoms with E-state index in [4.69, 9.17) is 14.2 Å². The standard InChI is InChI=1S/C23H32Br2O6/c1-4-5-6-7-8-9-10-11-12-13-17-14-15-18(30-20(24)22(26)28-2)16-19(17)31-21(25)23(27)29-3/h12-16,20-21H,4-11H2,1-3H3/b13-12+. The molecule has 0 heterocycles. The first kappa shape index (κ1) is 27.5. The minimum atomic E-state index is -0.969. The van der Waals surface area contributed by atoms with Gasteiger partial charge in [-0.05, 0) is 56.8 Å². The summed E-state index contributed by atoms with van der Waals surface area (Å²) in [4.78, 5) is 23.3. The highest BCUT2D eigenvalue weighted by molar-refractivity contribution is 9.10. The molecule has 8 heteroatoms. The van der Waals surface area contributed by atoms with Gasteiger partial charge in [-0.3, -0.25) is 0 Å². The Morgan fingerprint density at radius 1 is 0.903 bits per heavy atom. The molecular weight excluding hydrogens is 532 g/mol. The van der Waals surface area contributed by atoms with Gasteiger partial charge in [-0.1, -0.05) is 57.6 Å². The van der Waals surface area contributed by atoms with Gasteiger partial charge in [-0.15, -0.1) is 0 Å². The monoisotopic (exact) mass is 562 g/mol. The Hall–Kier alpha value is -1.54. The summed E-state index contributed by atoms with van der Waals surface area (Å²) < 4.78 is 20.6.